The molecule has 1 aliphatic heterocycles. The fraction of sp³-hybridized carbons (Fsp3) is 0.652. The standard InChI is InChI=1S/C23H32F3NO5S/c1-21(2,33(30,31)18-11-6-5-7-12-18)13-9-15-27-14-8-10-17(16-27)19(28)22(3,4)32-20(29)23(24,25)26/h5-7,11-12,17H,8-10,13-16H2,1-4H3. The Balaban J connectivity index is 1.94. The van der Waals surface area contributed by atoms with Crippen LogP contribution in [0.1, 0.15) is 53.4 Å². The average Bonchev–Trinajstić information content (AvgIpc) is 2.72. The van der Waals surface area contributed by atoms with Gasteiger partial charge in [-0.25, -0.2) is 13.2 Å². The molecule has 6 nitrogen and oxygen atoms in total. The zero-order valence-corrected chi connectivity index (χ0v) is 20.3. The van der Waals surface area contributed by atoms with Gasteiger partial charge in [-0.05, 0) is 78.6 Å². The van der Waals surface area contributed by atoms with Crippen molar-refractivity contribution in [2.24, 2.45) is 5.92 Å². The van der Waals surface area contributed by atoms with Crippen molar-refractivity contribution in [3.05, 3.63) is 30.3 Å². The second-order valence-corrected chi connectivity index (χ2v) is 12.2. The number of rotatable bonds is 9. The number of nitrogens with zero attached hydrogens (tertiary/aromatic N) is 1. The number of carbonyl (C=O) groups excluding carboxylic acids is 2. The van der Waals surface area contributed by atoms with Crippen molar-refractivity contribution >= 4 is 21.6 Å². The number of Topliss-reactive ketones (excluding diaryl/α,β-unsaturated/α-hetero) is 1. The minimum atomic E-state index is -5.16. The maximum Gasteiger partial charge on any atom is 0.490 e. The quantitative estimate of drug-likeness (QED) is 0.482. The van der Waals surface area contributed by atoms with Gasteiger partial charge in [-0.1, -0.05) is 18.2 Å². The van der Waals surface area contributed by atoms with Crippen molar-refractivity contribution in [2.75, 3.05) is 19.6 Å². The number of ether oxygens (including phenoxy) is 1. The van der Waals surface area contributed by atoms with Crippen molar-refractivity contribution in [2.45, 2.75) is 74.8 Å². The average molecular weight is 492 g/mol. The first kappa shape index (κ1) is 27.3. The number of benzene rings is 1. The lowest BCUT2D eigenvalue weighted by atomic mass is 9.85. The summed E-state index contributed by atoms with van der Waals surface area (Å²) in [5.41, 5.74) is -1.88. The van der Waals surface area contributed by atoms with Crippen molar-refractivity contribution in [1.29, 1.82) is 0 Å². The molecule has 1 saturated heterocycles. The maximum atomic E-state index is 13.0. The van der Waals surface area contributed by atoms with Gasteiger partial charge in [0.1, 0.15) is 0 Å². The molecule has 0 aliphatic carbocycles. The van der Waals surface area contributed by atoms with E-state index in [-0.39, 0.29) is 4.90 Å². The van der Waals surface area contributed by atoms with E-state index in [1.807, 2.05) is 4.90 Å². The van der Waals surface area contributed by atoms with Crippen molar-refractivity contribution in [1.82, 2.24) is 4.90 Å². The number of sulfone groups is 1. The van der Waals surface area contributed by atoms with E-state index in [9.17, 15) is 31.2 Å². The Kier molecular flexibility index (Phi) is 8.38. The molecule has 0 radical (unpaired) electrons. The minimum absolute atomic E-state index is 0.272. The second kappa shape index (κ2) is 10.1. The third-order valence-corrected chi connectivity index (χ3v) is 8.64. The van der Waals surface area contributed by atoms with Gasteiger partial charge in [-0.2, -0.15) is 13.2 Å². The zero-order valence-electron chi connectivity index (χ0n) is 19.4. The molecule has 186 valence electrons. The van der Waals surface area contributed by atoms with Crippen molar-refractivity contribution < 1.29 is 35.9 Å². The highest BCUT2D eigenvalue weighted by molar-refractivity contribution is 7.92. The van der Waals surface area contributed by atoms with E-state index < -0.39 is 44.0 Å². The molecule has 10 heteroatoms. The van der Waals surface area contributed by atoms with Crippen LogP contribution in [0.2, 0.25) is 0 Å². The predicted molar refractivity (Wildman–Crippen MR) is 117 cm³/mol. The van der Waals surface area contributed by atoms with Crippen LogP contribution in [0.3, 0.4) is 0 Å². The Labute approximate surface area is 193 Å². The number of halogens is 3. The van der Waals surface area contributed by atoms with E-state index in [0.717, 1.165) is 0 Å². The van der Waals surface area contributed by atoms with E-state index in [4.69, 9.17) is 0 Å². The summed E-state index contributed by atoms with van der Waals surface area (Å²) < 4.78 is 67.0. The first-order valence-electron chi connectivity index (χ1n) is 10.9. The topological polar surface area (TPSA) is 80.8 Å². The van der Waals surface area contributed by atoms with Gasteiger partial charge < -0.3 is 9.64 Å². The van der Waals surface area contributed by atoms with Gasteiger partial charge in [0.05, 0.1) is 9.64 Å². The van der Waals surface area contributed by atoms with Crippen LogP contribution in [-0.2, 0) is 24.2 Å². The van der Waals surface area contributed by atoms with Gasteiger partial charge in [-0.15, -0.1) is 0 Å². The maximum absolute atomic E-state index is 13.0. The summed E-state index contributed by atoms with van der Waals surface area (Å²) in [7, 11) is -3.52. The Morgan fingerprint density at radius 1 is 1.09 bits per heavy atom. The number of ketones is 1. The first-order valence-corrected chi connectivity index (χ1v) is 12.4. The molecule has 1 aromatic carbocycles. The van der Waals surface area contributed by atoms with Crippen molar-refractivity contribution in [3.63, 3.8) is 0 Å². The second-order valence-electron chi connectivity index (χ2n) is 9.58. The van der Waals surface area contributed by atoms with Crippen LogP contribution in [0.25, 0.3) is 0 Å². The summed E-state index contributed by atoms with van der Waals surface area (Å²) >= 11 is 0. The van der Waals surface area contributed by atoms with Crippen LogP contribution in [-0.4, -0.2) is 61.2 Å². The lowest BCUT2D eigenvalue weighted by Gasteiger charge is -2.36. The van der Waals surface area contributed by atoms with Gasteiger partial charge in [-0.3, -0.25) is 4.79 Å². The molecule has 1 atom stereocenters. The zero-order chi connectivity index (χ0) is 25.1. The molecule has 1 unspecified atom stereocenters. The Morgan fingerprint density at radius 2 is 1.70 bits per heavy atom. The molecular formula is C23H32F3NO5S. The third kappa shape index (κ3) is 6.79. The van der Waals surface area contributed by atoms with E-state index in [2.05, 4.69) is 4.74 Å². The number of esters is 1. The summed E-state index contributed by atoms with van der Waals surface area (Å²) in [6, 6.07) is 8.27. The van der Waals surface area contributed by atoms with Gasteiger partial charge in [0, 0.05) is 12.5 Å². The molecule has 33 heavy (non-hydrogen) atoms. The van der Waals surface area contributed by atoms with Crippen LogP contribution in [0.15, 0.2) is 35.2 Å². The fourth-order valence-corrected chi connectivity index (χ4v) is 5.65. The SMILES string of the molecule is CC(C)(OC(=O)C(F)(F)F)C(=O)C1CCCN(CCCC(C)(C)S(=O)(=O)c2ccccc2)C1. The molecule has 0 N–H and O–H groups in total. The predicted octanol–water partition coefficient (Wildman–Crippen LogP) is 4.18. The van der Waals surface area contributed by atoms with E-state index >= 15 is 0 Å². The number of hydrogen-bond donors (Lipinski definition) is 0. The Bertz CT molecular complexity index is 943. The number of piperidine rings is 1. The molecule has 1 heterocycles. The molecule has 0 bridgehead atoms. The number of hydrogen-bond acceptors (Lipinski definition) is 6. The molecule has 0 amide bonds. The molecule has 0 aromatic heterocycles. The van der Waals surface area contributed by atoms with Crippen LogP contribution < -0.4 is 0 Å². The monoisotopic (exact) mass is 491 g/mol. The number of carbonyl (C=O) groups is 2. The van der Waals surface area contributed by atoms with E-state index in [1.54, 1.807) is 44.2 Å². The first-order chi connectivity index (χ1) is 15.1. The smallest absolute Gasteiger partial charge is 0.445 e. The van der Waals surface area contributed by atoms with E-state index in [1.165, 1.54) is 13.8 Å². The highest BCUT2D eigenvalue weighted by Crippen LogP contribution is 2.31. The van der Waals surface area contributed by atoms with Crippen LogP contribution in [0, 0.1) is 5.92 Å². The lowest BCUT2D eigenvalue weighted by molar-refractivity contribution is -0.212. The Morgan fingerprint density at radius 3 is 2.27 bits per heavy atom. The molecule has 0 spiro atoms. The van der Waals surface area contributed by atoms with Gasteiger partial charge in [0.2, 0.25) is 0 Å². The van der Waals surface area contributed by atoms with Gasteiger partial charge in [0.25, 0.3) is 0 Å². The summed E-state index contributed by atoms with van der Waals surface area (Å²) in [5.74, 6) is -3.48. The summed E-state index contributed by atoms with van der Waals surface area (Å²) in [6.45, 7) is 7.32. The summed E-state index contributed by atoms with van der Waals surface area (Å²) in [5, 5.41) is 0. The molecule has 1 aliphatic rings. The fourth-order valence-electron chi connectivity index (χ4n) is 4.09. The van der Waals surface area contributed by atoms with Crippen LogP contribution >= 0.6 is 0 Å². The highest BCUT2D eigenvalue weighted by Gasteiger charge is 2.47. The largest absolute Gasteiger partial charge is 0.490 e. The molecule has 1 aromatic rings. The molecule has 1 fully saturated rings. The van der Waals surface area contributed by atoms with Crippen LogP contribution in [0.5, 0.6) is 0 Å². The third-order valence-electron chi connectivity index (χ3n) is 6.08. The summed E-state index contributed by atoms with van der Waals surface area (Å²) in [6.07, 6.45) is -3.01. The molecular weight excluding hydrogens is 459 g/mol. The van der Waals surface area contributed by atoms with Gasteiger partial charge in [0.15, 0.2) is 21.2 Å². The highest BCUT2D eigenvalue weighted by atomic mass is 32.2. The number of likely N-dealkylation sites (tertiary alicyclic amines) is 1. The number of alkyl halides is 3. The van der Waals surface area contributed by atoms with E-state index in [0.29, 0.717) is 45.3 Å². The van der Waals surface area contributed by atoms with Crippen LogP contribution in [0.4, 0.5) is 13.2 Å². The lowest BCUT2D eigenvalue weighted by Crippen LogP contribution is -2.49. The molecule has 2 rings (SSSR count). The normalized spacial score (nSPS) is 18.7. The summed E-state index contributed by atoms with van der Waals surface area (Å²) in [4.78, 5) is 26.3. The molecule has 0 saturated carbocycles. The van der Waals surface area contributed by atoms with Gasteiger partial charge >= 0.3 is 12.1 Å². The minimum Gasteiger partial charge on any atom is -0.445 e. The Hall–Kier alpha value is -1.94. The van der Waals surface area contributed by atoms with Crippen molar-refractivity contribution in [3.8, 4) is 0 Å².